The topological polar surface area (TPSA) is 88.4 Å². The molecule has 0 saturated heterocycles. The Labute approximate surface area is 161 Å². The summed E-state index contributed by atoms with van der Waals surface area (Å²) in [6.45, 7) is 3.96. The molecular formula is C21H22N3O4+. The normalized spacial score (nSPS) is 11.5. The molecule has 2 aromatic carbocycles. The van der Waals surface area contributed by atoms with E-state index in [9.17, 15) is 9.59 Å². The molecule has 0 radical (unpaired) electrons. The second-order valence-corrected chi connectivity index (χ2v) is 7.08. The van der Waals surface area contributed by atoms with Crippen LogP contribution in [0.2, 0.25) is 0 Å². The van der Waals surface area contributed by atoms with Crippen molar-refractivity contribution in [2.75, 3.05) is 5.32 Å². The molecule has 7 nitrogen and oxygen atoms in total. The molecule has 4 aromatic rings. The van der Waals surface area contributed by atoms with Crippen LogP contribution >= 0.6 is 0 Å². The summed E-state index contributed by atoms with van der Waals surface area (Å²) in [4.78, 5) is 22.3. The lowest BCUT2D eigenvalue weighted by molar-refractivity contribution is -0.682. The fourth-order valence-electron chi connectivity index (χ4n) is 3.85. The Hall–Kier alpha value is -3.35. The number of carboxylic acids is 1. The largest absolute Gasteiger partial charge is 0.481 e. The van der Waals surface area contributed by atoms with Crippen molar-refractivity contribution in [3.05, 3.63) is 36.2 Å². The Bertz CT molecular complexity index is 1250. The number of anilines is 1. The number of hydrogen-bond donors (Lipinski definition) is 2. The molecule has 0 spiro atoms. The Morgan fingerprint density at radius 3 is 2.64 bits per heavy atom. The van der Waals surface area contributed by atoms with Crippen molar-refractivity contribution in [2.45, 2.75) is 33.2 Å². The summed E-state index contributed by atoms with van der Waals surface area (Å²) in [5, 5.41) is 13.8. The quantitative estimate of drug-likeness (QED) is 0.519. The van der Waals surface area contributed by atoms with Gasteiger partial charge in [-0.1, -0.05) is 0 Å². The minimum absolute atomic E-state index is 0.108. The van der Waals surface area contributed by atoms with Gasteiger partial charge in [-0.25, -0.2) is 0 Å². The zero-order chi connectivity index (χ0) is 20.0. The summed E-state index contributed by atoms with van der Waals surface area (Å²) < 4.78 is 10.1. The zero-order valence-electron chi connectivity index (χ0n) is 16.1. The van der Waals surface area contributed by atoms with Gasteiger partial charge in [0.1, 0.15) is 0 Å². The summed E-state index contributed by atoms with van der Waals surface area (Å²) in [6, 6.07) is 9.97. The van der Waals surface area contributed by atoms with E-state index < -0.39 is 5.97 Å². The highest BCUT2D eigenvalue weighted by Gasteiger charge is 2.22. The van der Waals surface area contributed by atoms with Crippen LogP contribution in [-0.2, 0) is 23.2 Å². The first-order valence-corrected chi connectivity index (χ1v) is 9.19. The maximum Gasteiger partial charge on any atom is 0.344 e. The van der Waals surface area contributed by atoms with Gasteiger partial charge >= 0.3 is 11.9 Å². The highest BCUT2D eigenvalue weighted by Crippen LogP contribution is 2.33. The molecule has 144 valence electrons. The second kappa shape index (κ2) is 6.67. The molecule has 0 unspecified atom stereocenters. The van der Waals surface area contributed by atoms with Gasteiger partial charge in [0.15, 0.2) is 6.54 Å². The average Bonchev–Trinajstić information content (AvgIpc) is 3.07. The number of aliphatic carboxylic acids is 1. The summed E-state index contributed by atoms with van der Waals surface area (Å²) in [7, 11) is 2.01. The van der Waals surface area contributed by atoms with Crippen LogP contribution in [0.1, 0.15) is 25.7 Å². The van der Waals surface area contributed by atoms with Gasteiger partial charge in [-0.15, -0.1) is 0 Å². The minimum atomic E-state index is -0.798. The standard InChI is InChI=1S/C21H21N3O4/c1-12(25)22-14-6-7-17-15(9-14)16-10-19-20(11-18(16)23(17)3)28-13(2)24(19)8-4-5-21(26)27/h6-7,9-11H,4-5,8H2,1-3H3,(H-,22,25,26,27)/p+1. The maximum absolute atomic E-state index is 11.4. The summed E-state index contributed by atoms with van der Waals surface area (Å²) >= 11 is 0. The fourth-order valence-corrected chi connectivity index (χ4v) is 3.85. The number of amides is 1. The van der Waals surface area contributed by atoms with Crippen molar-refractivity contribution in [3.8, 4) is 0 Å². The number of fused-ring (bicyclic) bond motifs is 4. The third kappa shape index (κ3) is 2.98. The van der Waals surface area contributed by atoms with Crippen molar-refractivity contribution in [3.63, 3.8) is 0 Å². The molecule has 0 aliphatic carbocycles. The molecule has 1 amide bonds. The fraction of sp³-hybridized carbons (Fsp3) is 0.286. The minimum Gasteiger partial charge on any atom is -0.481 e. The number of nitrogens with zero attached hydrogens (tertiary/aromatic N) is 2. The van der Waals surface area contributed by atoms with E-state index in [1.165, 1.54) is 6.92 Å². The van der Waals surface area contributed by atoms with Gasteiger partial charge in [-0.3, -0.25) is 9.59 Å². The molecule has 7 heteroatoms. The number of benzene rings is 2. The predicted molar refractivity (Wildman–Crippen MR) is 106 cm³/mol. The zero-order valence-corrected chi connectivity index (χ0v) is 16.1. The number of carbonyl (C=O) groups is 2. The summed E-state index contributed by atoms with van der Waals surface area (Å²) in [5.74, 6) is -0.157. The molecule has 4 rings (SSSR count). The van der Waals surface area contributed by atoms with Crippen LogP contribution in [0.4, 0.5) is 5.69 Å². The number of carboxylic acid groups (broad SMARTS) is 1. The Balaban J connectivity index is 1.89. The number of carbonyl (C=O) groups excluding carboxylic acids is 1. The van der Waals surface area contributed by atoms with Crippen molar-refractivity contribution in [1.29, 1.82) is 0 Å². The highest BCUT2D eigenvalue weighted by atomic mass is 16.4. The number of oxazole rings is 1. The SMILES string of the molecule is CC(=O)Nc1ccc2c(c1)c1cc3c(cc1n2C)oc(C)[n+]3CCCC(=O)O. The molecule has 0 aliphatic rings. The monoisotopic (exact) mass is 380 g/mol. The molecule has 0 aliphatic heterocycles. The Morgan fingerprint density at radius 2 is 1.93 bits per heavy atom. The van der Waals surface area contributed by atoms with E-state index >= 15 is 0 Å². The van der Waals surface area contributed by atoms with Crippen LogP contribution in [0.5, 0.6) is 0 Å². The van der Waals surface area contributed by atoms with E-state index in [4.69, 9.17) is 9.52 Å². The van der Waals surface area contributed by atoms with Crippen molar-refractivity contribution in [2.24, 2.45) is 7.05 Å². The lowest BCUT2D eigenvalue weighted by Gasteiger charge is -2.02. The van der Waals surface area contributed by atoms with Crippen molar-refractivity contribution < 1.29 is 23.7 Å². The molecule has 0 atom stereocenters. The van der Waals surface area contributed by atoms with Crippen LogP contribution in [0.25, 0.3) is 32.9 Å². The Morgan fingerprint density at radius 1 is 1.18 bits per heavy atom. The summed E-state index contributed by atoms with van der Waals surface area (Å²) in [5.41, 5.74) is 4.56. The third-order valence-electron chi connectivity index (χ3n) is 5.11. The number of nitrogens with one attached hydrogen (secondary N) is 1. The van der Waals surface area contributed by atoms with Crippen LogP contribution < -0.4 is 9.88 Å². The van der Waals surface area contributed by atoms with Gasteiger partial charge in [0.25, 0.3) is 5.52 Å². The van der Waals surface area contributed by atoms with E-state index in [-0.39, 0.29) is 12.3 Å². The number of rotatable bonds is 5. The van der Waals surface area contributed by atoms with Crippen LogP contribution in [-0.4, -0.2) is 21.6 Å². The molecule has 2 aromatic heterocycles. The van der Waals surface area contributed by atoms with E-state index in [1.807, 2.05) is 42.8 Å². The number of aromatic nitrogens is 2. The lowest BCUT2D eigenvalue weighted by atomic mass is 10.1. The van der Waals surface area contributed by atoms with Crippen molar-refractivity contribution >= 4 is 50.5 Å². The first-order valence-electron chi connectivity index (χ1n) is 9.19. The second-order valence-electron chi connectivity index (χ2n) is 7.08. The first-order chi connectivity index (χ1) is 13.3. The molecule has 0 fully saturated rings. The Kier molecular flexibility index (Phi) is 4.30. The van der Waals surface area contributed by atoms with Gasteiger partial charge in [0.05, 0.1) is 18.9 Å². The van der Waals surface area contributed by atoms with Gasteiger partial charge < -0.3 is 19.4 Å². The van der Waals surface area contributed by atoms with Crippen LogP contribution in [0.3, 0.4) is 0 Å². The van der Waals surface area contributed by atoms with E-state index in [1.54, 1.807) is 0 Å². The highest BCUT2D eigenvalue weighted by molar-refractivity contribution is 6.12. The smallest absolute Gasteiger partial charge is 0.344 e. The molecule has 2 N–H and O–H groups in total. The molecule has 2 heterocycles. The van der Waals surface area contributed by atoms with Crippen LogP contribution in [0, 0.1) is 6.92 Å². The summed E-state index contributed by atoms with van der Waals surface area (Å²) in [6.07, 6.45) is 0.658. The lowest BCUT2D eigenvalue weighted by Crippen LogP contribution is -2.35. The van der Waals surface area contributed by atoms with Gasteiger partial charge in [-0.2, -0.15) is 4.57 Å². The first kappa shape index (κ1) is 18.0. The molecule has 0 saturated carbocycles. The predicted octanol–water partition coefficient (Wildman–Crippen LogP) is 3.50. The van der Waals surface area contributed by atoms with Gasteiger partial charge in [0.2, 0.25) is 11.5 Å². The third-order valence-corrected chi connectivity index (χ3v) is 5.11. The molecule has 28 heavy (non-hydrogen) atoms. The number of hydrogen-bond acceptors (Lipinski definition) is 3. The average molecular weight is 380 g/mol. The maximum atomic E-state index is 11.4. The van der Waals surface area contributed by atoms with Gasteiger partial charge in [-0.05, 0) is 18.2 Å². The molecular weight excluding hydrogens is 358 g/mol. The van der Waals surface area contributed by atoms with Crippen molar-refractivity contribution in [1.82, 2.24) is 4.57 Å². The number of aryl methyl sites for hydroxylation is 3. The van der Waals surface area contributed by atoms with E-state index in [2.05, 4.69) is 16.0 Å². The van der Waals surface area contributed by atoms with Crippen LogP contribution in [0.15, 0.2) is 34.7 Å². The van der Waals surface area contributed by atoms with Gasteiger partial charge in [0, 0.05) is 54.5 Å². The van der Waals surface area contributed by atoms with E-state index in [0.717, 1.165) is 44.5 Å². The van der Waals surface area contributed by atoms with E-state index in [0.29, 0.717) is 13.0 Å². The molecule has 0 bridgehead atoms.